The molecule has 11 heteroatoms. The van der Waals surface area contributed by atoms with Crippen LogP contribution >= 0.6 is 23.4 Å². The summed E-state index contributed by atoms with van der Waals surface area (Å²) in [6.07, 6.45) is -0.0286. The summed E-state index contributed by atoms with van der Waals surface area (Å²) >= 11 is 11.4. The minimum Gasteiger partial charge on any atom is -0.461 e. The minimum atomic E-state index is -0.586. The Morgan fingerprint density at radius 3 is 2.29 bits per heavy atom. The molecule has 3 rings (SSSR count). The lowest BCUT2D eigenvalue weighted by molar-refractivity contribution is -0.132. The molecule has 0 saturated carbocycles. The molecule has 1 aromatic carbocycles. The number of H-pyrrole nitrogens is 1. The molecule has 1 fully saturated rings. The van der Waals surface area contributed by atoms with Crippen LogP contribution in [0.25, 0.3) is 10.9 Å². The number of halogens is 2. The van der Waals surface area contributed by atoms with Crippen molar-refractivity contribution in [1.82, 2.24) is 9.40 Å². The Bertz CT molecular complexity index is 996. The number of anilines is 1. The van der Waals surface area contributed by atoms with Crippen molar-refractivity contribution in [3.8, 4) is 0 Å². The Balaban J connectivity index is 0.000000357. The summed E-state index contributed by atoms with van der Waals surface area (Å²) in [5.74, 6) is -1.11. The number of aromatic nitrogens is 1. The van der Waals surface area contributed by atoms with Gasteiger partial charge in [0.05, 0.1) is 11.6 Å². The van der Waals surface area contributed by atoms with Crippen molar-refractivity contribution in [2.45, 2.75) is 46.1 Å². The predicted octanol–water partition coefficient (Wildman–Crippen LogP) is 4.63. The number of imide groups is 1. The predicted molar refractivity (Wildman–Crippen MR) is 116 cm³/mol. The Kier molecular flexibility index (Phi) is 7.91. The van der Waals surface area contributed by atoms with Crippen molar-refractivity contribution >= 4 is 63.8 Å². The van der Waals surface area contributed by atoms with Crippen LogP contribution in [0, 0.1) is 0 Å². The molecule has 1 aliphatic heterocycles. The Morgan fingerprint density at radius 2 is 1.81 bits per heavy atom. The highest BCUT2D eigenvalue weighted by molar-refractivity contribution is 6.38. The second kappa shape index (κ2) is 10.0. The third-order valence-corrected chi connectivity index (χ3v) is 4.62. The van der Waals surface area contributed by atoms with E-state index >= 15 is 0 Å². The highest BCUT2D eigenvalue weighted by atomic mass is 35.5. The second-order valence-electron chi connectivity index (χ2n) is 7.49. The van der Waals surface area contributed by atoms with E-state index in [1.54, 1.807) is 45.9 Å². The molecule has 31 heavy (non-hydrogen) atoms. The van der Waals surface area contributed by atoms with Crippen molar-refractivity contribution in [3.05, 3.63) is 28.9 Å². The standard InChI is InChI=1S/C16H19ClN2O4.C4H4ClNO2/c1-5-22-14(20)13-12(17)10-8-9(6-7-11(10)19-13)18-15(21)23-16(2,3)4;5-6-3(7)1-2-4(6)8/h6-8,19H,5H2,1-4H3,(H,18,21);1-2H2. The minimum absolute atomic E-state index is 0.193. The third kappa shape index (κ3) is 6.60. The number of carbonyl (C=O) groups is 4. The van der Waals surface area contributed by atoms with Crippen molar-refractivity contribution in [2.24, 2.45) is 0 Å². The number of hydrogen-bond donors (Lipinski definition) is 2. The summed E-state index contributed by atoms with van der Waals surface area (Å²) in [6, 6.07) is 5.07. The van der Waals surface area contributed by atoms with E-state index in [-0.39, 0.29) is 42.0 Å². The summed E-state index contributed by atoms with van der Waals surface area (Å²) in [5, 5.41) is 3.50. The molecule has 0 aliphatic carbocycles. The molecule has 0 atom stereocenters. The lowest BCUT2D eigenvalue weighted by atomic mass is 10.2. The highest BCUT2D eigenvalue weighted by Gasteiger charge is 2.26. The maximum atomic E-state index is 11.8. The summed E-state index contributed by atoms with van der Waals surface area (Å²) < 4.78 is 10.8. The average molecular weight is 472 g/mol. The Morgan fingerprint density at radius 1 is 1.19 bits per heavy atom. The number of fused-ring (bicyclic) bond motifs is 1. The number of aromatic amines is 1. The van der Waals surface area contributed by atoms with E-state index in [2.05, 4.69) is 10.3 Å². The number of esters is 1. The molecule has 3 amide bonds. The topological polar surface area (TPSA) is 118 Å². The average Bonchev–Trinajstić information content (AvgIpc) is 3.15. The van der Waals surface area contributed by atoms with Crippen LogP contribution in [-0.2, 0) is 19.1 Å². The van der Waals surface area contributed by atoms with E-state index in [1.165, 1.54) is 0 Å². The number of rotatable bonds is 3. The Labute approximate surface area is 189 Å². The van der Waals surface area contributed by atoms with Crippen LogP contribution in [0.5, 0.6) is 0 Å². The van der Waals surface area contributed by atoms with Crippen LogP contribution in [0.3, 0.4) is 0 Å². The van der Waals surface area contributed by atoms with Crippen LogP contribution in [0.4, 0.5) is 10.5 Å². The van der Waals surface area contributed by atoms with Gasteiger partial charge in [0.25, 0.3) is 0 Å². The van der Waals surface area contributed by atoms with E-state index in [4.69, 9.17) is 32.9 Å². The largest absolute Gasteiger partial charge is 0.461 e. The van der Waals surface area contributed by atoms with E-state index < -0.39 is 17.7 Å². The SMILES string of the molecule is CCOC(=O)c1[nH]c2ccc(NC(=O)OC(C)(C)C)cc2c1Cl.O=C1CCC(=O)N1Cl. The number of benzene rings is 1. The fraction of sp³-hybridized carbons (Fsp3) is 0.400. The van der Waals surface area contributed by atoms with Crippen molar-refractivity contribution in [3.63, 3.8) is 0 Å². The van der Waals surface area contributed by atoms with Crippen LogP contribution < -0.4 is 5.32 Å². The van der Waals surface area contributed by atoms with Gasteiger partial charge in [-0.15, -0.1) is 0 Å². The highest BCUT2D eigenvalue weighted by Crippen LogP contribution is 2.30. The molecule has 1 aliphatic rings. The fourth-order valence-electron chi connectivity index (χ4n) is 2.55. The quantitative estimate of drug-likeness (QED) is 0.382. The maximum absolute atomic E-state index is 11.8. The summed E-state index contributed by atoms with van der Waals surface area (Å²) in [5.41, 5.74) is 0.797. The van der Waals surface area contributed by atoms with Gasteiger partial charge in [0.15, 0.2) is 0 Å². The van der Waals surface area contributed by atoms with E-state index in [1.807, 2.05) is 0 Å². The number of hydrogen-bond acceptors (Lipinski definition) is 6. The first-order valence-corrected chi connectivity index (χ1v) is 10.1. The second-order valence-corrected chi connectivity index (χ2v) is 8.21. The van der Waals surface area contributed by atoms with E-state index in [0.717, 1.165) is 0 Å². The zero-order valence-electron chi connectivity index (χ0n) is 17.5. The van der Waals surface area contributed by atoms with Gasteiger partial charge in [0.2, 0.25) is 11.8 Å². The third-order valence-electron chi connectivity index (χ3n) is 3.85. The molecule has 2 N–H and O–H groups in total. The van der Waals surface area contributed by atoms with Gasteiger partial charge in [0, 0.05) is 41.2 Å². The summed E-state index contributed by atoms with van der Waals surface area (Å²) in [7, 11) is 0. The van der Waals surface area contributed by atoms with E-state index in [0.29, 0.717) is 21.0 Å². The lowest BCUT2D eigenvalue weighted by Crippen LogP contribution is -2.27. The van der Waals surface area contributed by atoms with Gasteiger partial charge in [-0.1, -0.05) is 11.6 Å². The molecule has 0 unspecified atom stereocenters. The van der Waals surface area contributed by atoms with E-state index in [9.17, 15) is 19.2 Å². The maximum Gasteiger partial charge on any atom is 0.412 e. The van der Waals surface area contributed by atoms with Crippen LogP contribution in [0.15, 0.2) is 18.2 Å². The van der Waals surface area contributed by atoms with Gasteiger partial charge in [-0.3, -0.25) is 14.9 Å². The van der Waals surface area contributed by atoms with Gasteiger partial charge >= 0.3 is 12.1 Å². The zero-order valence-corrected chi connectivity index (χ0v) is 19.0. The first kappa shape index (κ1) is 24.5. The van der Waals surface area contributed by atoms with Crippen LogP contribution in [0.1, 0.15) is 51.0 Å². The van der Waals surface area contributed by atoms with Gasteiger partial charge in [-0.05, 0) is 45.9 Å². The molecule has 1 saturated heterocycles. The van der Waals surface area contributed by atoms with Crippen molar-refractivity contribution in [2.75, 3.05) is 11.9 Å². The smallest absolute Gasteiger partial charge is 0.412 e. The van der Waals surface area contributed by atoms with Gasteiger partial charge < -0.3 is 14.5 Å². The number of carbonyl (C=O) groups excluding carboxylic acids is 4. The number of nitrogens with zero attached hydrogens (tertiary/aromatic N) is 1. The van der Waals surface area contributed by atoms with Crippen molar-refractivity contribution < 1.29 is 28.7 Å². The number of ether oxygens (including phenoxy) is 2. The molecular weight excluding hydrogens is 449 g/mol. The molecule has 168 valence electrons. The lowest BCUT2D eigenvalue weighted by Gasteiger charge is -2.19. The molecule has 2 aromatic rings. The molecule has 0 radical (unpaired) electrons. The summed E-state index contributed by atoms with van der Waals surface area (Å²) in [6.45, 7) is 7.33. The zero-order chi connectivity index (χ0) is 23.3. The van der Waals surface area contributed by atoms with Gasteiger partial charge in [-0.2, -0.15) is 4.42 Å². The molecule has 1 aromatic heterocycles. The number of amides is 3. The number of nitrogens with one attached hydrogen (secondary N) is 2. The van der Waals surface area contributed by atoms with Gasteiger partial charge in [-0.25, -0.2) is 9.59 Å². The first-order chi connectivity index (χ1) is 14.4. The molecule has 2 heterocycles. The van der Waals surface area contributed by atoms with Crippen molar-refractivity contribution in [1.29, 1.82) is 0 Å². The first-order valence-electron chi connectivity index (χ1n) is 9.43. The molecule has 0 bridgehead atoms. The molecule has 9 nitrogen and oxygen atoms in total. The molecular formula is C20H23Cl2N3O6. The monoisotopic (exact) mass is 471 g/mol. The fourth-order valence-corrected chi connectivity index (χ4v) is 3.00. The van der Waals surface area contributed by atoms with Crippen LogP contribution in [-0.4, -0.2) is 45.5 Å². The summed E-state index contributed by atoms with van der Waals surface area (Å²) in [4.78, 5) is 47.3. The molecule has 0 spiro atoms. The van der Waals surface area contributed by atoms with Crippen LogP contribution in [0.2, 0.25) is 5.02 Å². The Hall–Kier alpha value is -2.78. The van der Waals surface area contributed by atoms with Gasteiger partial charge in [0.1, 0.15) is 11.3 Å². The normalized spacial score (nSPS) is 13.7.